The van der Waals surface area contributed by atoms with Crippen LogP contribution in [0.1, 0.15) is 38.3 Å². The van der Waals surface area contributed by atoms with Crippen LogP contribution in [-0.2, 0) is 13.1 Å². The van der Waals surface area contributed by atoms with E-state index in [4.69, 9.17) is 0 Å². The molecule has 0 aliphatic carbocycles. The average Bonchev–Trinajstić information content (AvgIpc) is 2.92. The third-order valence-electron chi connectivity index (χ3n) is 3.89. The number of thioether (sulfide) groups is 1. The van der Waals surface area contributed by atoms with E-state index in [1.807, 2.05) is 0 Å². The maximum absolute atomic E-state index is 3.75. The van der Waals surface area contributed by atoms with Crippen molar-refractivity contribution in [1.29, 1.82) is 0 Å². The number of halogens is 1. The number of hydrogen-bond donors (Lipinski definition) is 1. The van der Waals surface area contributed by atoms with E-state index < -0.39 is 0 Å². The van der Waals surface area contributed by atoms with Gasteiger partial charge in [-0.25, -0.2) is 0 Å². The Labute approximate surface area is 142 Å². The van der Waals surface area contributed by atoms with E-state index in [1.165, 1.54) is 33.5 Å². The first kappa shape index (κ1) is 17.3. The number of hydrogen-bond acceptors (Lipinski definition) is 3. The summed E-state index contributed by atoms with van der Waals surface area (Å²) in [7, 11) is 2.25. The summed E-state index contributed by atoms with van der Waals surface area (Å²) < 4.78 is 1.23. The quantitative estimate of drug-likeness (QED) is 0.832. The summed E-state index contributed by atoms with van der Waals surface area (Å²) in [4.78, 5) is 2.49. The van der Waals surface area contributed by atoms with Gasteiger partial charge in [-0.15, -0.1) is 0 Å². The van der Waals surface area contributed by atoms with Crippen molar-refractivity contribution in [3.05, 3.63) is 33.8 Å². The van der Waals surface area contributed by atoms with E-state index in [9.17, 15) is 0 Å². The molecule has 0 aromatic heterocycles. The second kappa shape index (κ2) is 7.49. The van der Waals surface area contributed by atoms with Crippen molar-refractivity contribution < 1.29 is 0 Å². The predicted octanol–water partition coefficient (Wildman–Crippen LogP) is 4.27. The Balaban J connectivity index is 1.95. The lowest BCUT2D eigenvalue weighted by molar-refractivity contribution is 0.254. The molecule has 0 saturated carbocycles. The Morgan fingerprint density at radius 3 is 2.71 bits per heavy atom. The van der Waals surface area contributed by atoms with Crippen LogP contribution < -0.4 is 5.32 Å². The molecular formula is C17H27BrN2S. The van der Waals surface area contributed by atoms with Gasteiger partial charge in [0.25, 0.3) is 0 Å². The van der Waals surface area contributed by atoms with Gasteiger partial charge in [0.05, 0.1) is 0 Å². The summed E-state index contributed by atoms with van der Waals surface area (Å²) in [5.74, 6) is 2.59. The fourth-order valence-electron chi connectivity index (χ4n) is 2.46. The van der Waals surface area contributed by atoms with E-state index in [2.05, 4.69) is 83.9 Å². The molecule has 0 amide bonds. The lowest BCUT2D eigenvalue weighted by Gasteiger charge is -2.24. The van der Waals surface area contributed by atoms with Crippen molar-refractivity contribution >= 4 is 27.7 Å². The van der Waals surface area contributed by atoms with Crippen molar-refractivity contribution in [3.63, 3.8) is 0 Å². The number of nitrogens with zero attached hydrogens (tertiary/aromatic N) is 1. The highest BCUT2D eigenvalue weighted by atomic mass is 79.9. The molecule has 1 fully saturated rings. The highest BCUT2D eigenvalue weighted by molar-refractivity contribution is 9.10. The Kier molecular flexibility index (Phi) is 6.18. The van der Waals surface area contributed by atoms with Crippen LogP contribution >= 0.6 is 27.7 Å². The highest BCUT2D eigenvalue weighted by Crippen LogP contribution is 2.25. The van der Waals surface area contributed by atoms with Crippen LogP contribution in [0.3, 0.4) is 0 Å². The van der Waals surface area contributed by atoms with Gasteiger partial charge in [-0.05, 0) is 57.2 Å². The Morgan fingerprint density at radius 1 is 1.38 bits per heavy atom. The molecule has 2 nitrogen and oxygen atoms in total. The van der Waals surface area contributed by atoms with E-state index in [0.29, 0.717) is 0 Å². The molecule has 118 valence electrons. The molecule has 1 atom stereocenters. The standard InChI is InChI=1S/C17H27BrN2S/c1-17(2,3)19-10-13-5-6-14(16(18)9-13)11-20(4)15-7-8-21-12-15/h5-6,9,15,19H,7-8,10-12H2,1-4H3. The molecule has 0 bridgehead atoms. The predicted molar refractivity (Wildman–Crippen MR) is 97.9 cm³/mol. The Bertz CT molecular complexity index is 464. The number of benzene rings is 1. The molecule has 0 radical (unpaired) electrons. The zero-order valence-corrected chi connectivity index (χ0v) is 16.0. The van der Waals surface area contributed by atoms with E-state index in [1.54, 1.807) is 0 Å². The van der Waals surface area contributed by atoms with E-state index in [-0.39, 0.29) is 5.54 Å². The van der Waals surface area contributed by atoms with Gasteiger partial charge < -0.3 is 5.32 Å². The third-order valence-corrected chi connectivity index (χ3v) is 5.77. The van der Waals surface area contributed by atoms with Crippen LogP contribution in [-0.4, -0.2) is 35.0 Å². The van der Waals surface area contributed by atoms with E-state index >= 15 is 0 Å². The van der Waals surface area contributed by atoms with Crippen LogP contribution in [0.5, 0.6) is 0 Å². The van der Waals surface area contributed by atoms with Crippen LogP contribution in [0.4, 0.5) is 0 Å². The molecule has 0 spiro atoms. The number of rotatable bonds is 5. The van der Waals surface area contributed by atoms with Crippen molar-refractivity contribution in [2.75, 3.05) is 18.6 Å². The molecule has 1 unspecified atom stereocenters. The van der Waals surface area contributed by atoms with Gasteiger partial charge >= 0.3 is 0 Å². The highest BCUT2D eigenvalue weighted by Gasteiger charge is 2.20. The molecule has 2 rings (SSSR count). The lowest BCUT2D eigenvalue weighted by atomic mass is 10.1. The number of nitrogens with one attached hydrogen (secondary N) is 1. The van der Waals surface area contributed by atoms with Crippen LogP contribution in [0.25, 0.3) is 0 Å². The van der Waals surface area contributed by atoms with Crippen molar-refractivity contribution in [3.8, 4) is 0 Å². The summed E-state index contributed by atoms with van der Waals surface area (Å²) >= 11 is 5.82. The second-order valence-electron chi connectivity index (χ2n) is 6.96. The smallest absolute Gasteiger partial charge is 0.0245 e. The van der Waals surface area contributed by atoms with E-state index in [0.717, 1.165) is 19.1 Å². The first-order chi connectivity index (χ1) is 9.85. The molecule has 1 saturated heterocycles. The molecular weight excluding hydrogens is 344 g/mol. The van der Waals surface area contributed by atoms with Gasteiger partial charge in [-0.3, -0.25) is 4.90 Å². The van der Waals surface area contributed by atoms with Gasteiger partial charge in [0.2, 0.25) is 0 Å². The first-order valence-electron chi connectivity index (χ1n) is 7.65. The lowest BCUT2D eigenvalue weighted by Crippen LogP contribution is -2.35. The molecule has 1 N–H and O–H groups in total. The molecule has 1 heterocycles. The summed E-state index contributed by atoms with van der Waals surface area (Å²) in [6.07, 6.45) is 1.33. The van der Waals surface area contributed by atoms with Gasteiger partial charge in [-0.1, -0.05) is 28.1 Å². The third kappa shape index (κ3) is 5.59. The zero-order chi connectivity index (χ0) is 15.5. The van der Waals surface area contributed by atoms with Crippen molar-refractivity contribution in [1.82, 2.24) is 10.2 Å². The van der Waals surface area contributed by atoms with Gasteiger partial charge in [-0.2, -0.15) is 11.8 Å². The van der Waals surface area contributed by atoms with Crippen LogP contribution in [0.15, 0.2) is 22.7 Å². The summed E-state index contributed by atoms with van der Waals surface area (Å²) in [6, 6.07) is 7.51. The minimum atomic E-state index is 0.158. The Morgan fingerprint density at radius 2 is 2.14 bits per heavy atom. The largest absolute Gasteiger partial charge is 0.308 e. The summed E-state index contributed by atoms with van der Waals surface area (Å²) in [5.41, 5.74) is 2.87. The fraction of sp³-hybridized carbons (Fsp3) is 0.647. The van der Waals surface area contributed by atoms with Crippen molar-refractivity contribution in [2.24, 2.45) is 0 Å². The van der Waals surface area contributed by atoms with Crippen LogP contribution in [0, 0.1) is 0 Å². The maximum atomic E-state index is 3.75. The van der Waals surface area contributed by atoms with Crippen LogP contribution in [0.2, 0.25) is 0 Å². The second-order valence-corrected chi connectivity index (χ2v) is 8.97. The SMILES string of the molecule is CN(Cc1ccc(CNC(C)(C)C)cc1Br)C1CCSC1. The van der Waals surface area contributed by atoms with Gasteiger partial charge in [0.15, 0.2) is 0 Å². The van der Waals surface area contributed by atoms with Gasteiger partial charge in [0.1, 0.15) is 0 Å². The van der Waals surface area contributed by atoms with Gasteiger partial charge in [0, 0.05) is 34.9 Å². The monoisotopic (exact) mass is 370 g/mol. The molecule has 1 aliphatic rings. The maximum Gasteiger partial charge on any atom is 0.0245 e. The summed E-state index contributed by atoms with van der Waals surface area (Å²) in [6.45, 7) is 8.54. The topological polar surface area (TPSA) is 15.3 Å². The molecule has 4 heteroatoms. The minimum absolute atomic E-state index is 0.158. The van der Waals surface area contributed by atoms with Crippen molar-refractivity contribution in [2.45, 2.75) is 51.9 Å². The molecule has 1 aromatic rings. The molecule has 1 aliphatic heterocycles. The normalized spacial score (nSPS) is 19.4. The zero-order valence-electron chi connectivity index (χ0n) is 13.6. The molecule has 1 aromatic carbocycles. The average molecular weight is 371 g/mol. The fourth-order valence-corrected chi connectivity index (χ4v) is 4.31. The summed E-state index contributed by atoms with van der Waals surface area (Å²) in [5, 5.41) is 3.54. The molecule has 21 heavy (non-hydrogen) atoms. The minimum Gasteiger partial charge on any atom is -0.308 e. The first-order valence-corrected chi connectivity index (χ1v) is 9.60. The Hall–Kier alpha value is -0.0300.